The number of aryl methyl sites for hydroxylation is 1. The highest BCUT2D eigenvalue weighted by atomic mass is 19.4. The summed E-state index contributed by atoms with van der Waals surface area (Å²) >= 11 is 0. The quantitative estimate of drug-likeness (QED) is 0.933. The van der Waals surface area contributed by atoms with Crippen molar-refractivity contribution in [3.05, 3.63) is 48.0 Å². The molecule has 0 bridgehead atoms. The SMILES string of the molecule is Cn1cnc(C(O)c2ccccc2OC(F)(F)F)c1. The normalized spacial score (nSPS) is 13.3. The van der Waals surface area contributed by atoms with Gasteiger partial charge in [0.2, 0.25) is 0 Å². The Morgan fingerprint density at radius 2 is 2.00 bits per heavy atom. The van der Waals surface area contributed by atoms with Gasteiger partial charge in [0.1, 0.15) is 11.9 Å². The lowest BCUT2D eigenvalue weighted by molar-refractivity contribution is -0.275. The van der Waals surface area contributed by atoms with Crippen LogP contribution in [-0.4, -0.2) is 21.0 Å². The predicted molar refractivity (Wildman–Crippen MR) is 60.4 cm³/mol. The van der Waals surface area contributed by atoms with Crippen LogP contribution in [0.2, 0.25) is 0 Å². The van der Waals surface area contributed by atoms with E-state index in [1.54, 1.807) is 11.6 Å². The van der Waals surface area contributed by atoms with Gasteiger partial charge in [-0.25, -0.2) is 4.98 Å². The zero-order valence-electron chi connectivity index (χ0n) is 9.93. The van der Waals surface area contributed by atoms with Gasteiger partial charge in [-0.1, -0.05) is 18.2 Å². The van der Waals surface area contributed by atoms with Gasteiger partial charge >= 0.3 is 6.36 Å². The largest absolute Gasteiger partial charge is 0.573 e. The Labute approximate surface area is 107 Å². The van der Waals surface area contributed by atoms with Crippen LogP contribution in [0.15, 0.2) is 36.8 Å². The first-order valence-corrected chi connectivity index (χ1v) is 5.37. The number of rotatable bonds is 3. The molecule has 1 heterocycles. The zero-order valence-corrected chi connectivity index (χ0v) is 9.93. The van der Waals surface area contributed by atoms with Crippen LogP contribution in [0, 0.1) is 0 Å². The molecule has 102 valence electrons. The van der Waals surface area contributed by atoms with E-state index in [0.717, 1.165) is 6.07 Å². The van der Waals surface area contributed by atoms with Crippen LogP contribution in [0.3, 0.4) is 0 Å². The highest BCUT2D eigenvalue weighted by Crippen LogP contribution is 2.32. The Hall–Kier alpha value is -2.02. The predicted octanol–water partition coefficient (Wildman–Crippen LogP) is 2.40. The molecule has 1 unspecified atom stereocenters. The Balaban J connectivity index is 2.34. The molecule has 1 atom stereocenters. The Kier molecular flexibility index (Phi) is 3.48. The van der Waals surface area contributed by atoms with Gasteiger partial charge in [-0.05, 0) is 6.07 Å². The maximum Gasteiger partial charge on any atom is 0.573 e. The van der Waals surface area contributed by atoms with Crippen LogP contribution in [0.25, 0.3) is 0 Å². The van der Waals surface area contributed by atoms with E-state index in [-0.39, 0.29) is 11.3 Å². The minimum absolute atomic E-state index is 0.0125. The summed E-state index contributed by atoms with van der Waals surface area (Å²) in [5, 5.41) is 10.1. The molecule has 0 aliphatic rings. The zero-order chi connectivity index (χ0) is 14.0. The smallest absolute Gasteiger partial charge is 0.405 e. The van der Waals surface area contributed by atoms with Crippen LogP contribution in [0.1, 0.15) is 17.4 Å². The Bertz CT molecular complexity index is 566. The topological polar surface area (TPSA) is 47.3 Å². The van der Waals surface area contributed by atoms with E-state index in [1.165, 1.54) is 30.7 Å². The molecule has 19 heavy (non-hydrogen) atoms. The molecular weight excluding hydrogens is 261 g/mol. The van der Waals surface area contributed by atoms with Crippen LogP contribution in [0.5, 0.6) is 5.75 Å². The van der Waals surface area contributed by atoms with E-state index in [2.05, 4.69) is 9.72 Å². The molecule has 0 fully saturated rings. The van der Waals surface area contributed by atoms with E-state index in [1.807, 2.05) is 0 Å². The summed E-state index contributed by atoms with van der Waals surface area (Å²) in [5.74, 6) is -0.437. The number of ether oxygens (including phenoxy) is 1. The van der Waals surface area contributed by atoms with Crippen LogP contribution < -0.4 is 4.74 Å². The lowest BCUT2D eigenvalue weighted by Crippen LogP contribution is -2.18. The van der Waals surface area contributed by atoms with E-state index in [9.17, 15) is 18.3 Å². The van der Waals surface area contributed by atoms with Crippen LogP contribution >= 0.6 is 0 Å². The van der Waals surface area contributed by atoms with E-state index in [4.69, 9.17) is 0 Å². The van der Waals surface area contributed by atoms with Gasteiger partial charge in [-0.2, -0.15) is 0 Å². The standard InChI is InChI=1S/C12H11F3N2O2/c1-17-6-9(16-7-17)11(18)8-4-2-3-5-10(8)19-12(13,14)15/h2-7,11,18H,1H3. The van der Waals surface area contributed by atoms with Crippen molar-refractivity contribution in [3.8, 4) is 5.75 Å². The van der Waals surface area contributed by atoms with Gasteiger partial charge in [-0.3, -0.25) is 0 Å². The molecule has 1 aromatic carbocycles. The van der Waals surface area contributed by atoms with Gasteiger partial charge in [0.15, 0.2) is 0 Å². The molecule has 1 aromatic heterocycles. The fourth-order valence-electron chi connectivity index (χ4n) is 1.66. The molecule has 2 rings (SSSR count). The third-order valence-corrected chi connectivity index (χ3v) is 2.44. The molecule has 1 N–H and O–H groups in total. The highest BCUT2D eigenvalue weighted by Gasteiger charge is 2.33. The van der Waals surface area contributed by atoms with Gasteiger partial charge in [0.05, 0.1) is 12.0 Å². The van der Waals surface area contributed by atoms with Crippen molar-refractivity contribution in [2.24, 2.45) is 7.05 Å². The first-order chi connectivity index (χ1) is 8.87. The number of hydrogen-bond acceptors (Lipinski definition) is 3. The summed E-state index contributed by atoms with van der Waals surface area (Å²) < 4.78 is 42.3. The second-order valence-corrected chi connectivity index (χ2v) is 3.95. The summed E-state index contributed by atoms with van der Waals surface area (Å²) in [6.45, 7) is 0. The van der Waals surface area contributed by atoms with Crippen LogP contribution in [-0.2, 0) is 7.05 Å². The van der Waals surface area contributed by atoms with Crippen molar-refractivity contribution in [2.45, 2.75) is 12.5 Å². The second-order valence-electron chi connectivity index (χ2n) is 3.95. The number of alkyl halides is 3. The van der Waals surface area contributed by atoms with Crippen molar-refractivity contribution in [1.29, 1.82) is 0 Å². The number of hydrogen-bond donors (Lipinski definition) is 1. The third-order valence-electron chi connectivity index (χ3n) is 2.44. The van der Waals surface area contributed by atoms with Gasteiger partial charge in [0.25, 0.3) is 0 Å². The van der Waals surface area contributed by atoms with Crippen molar-refractivity contribution in [1.82, 2.24) is 9.55 Å². The second kappa shape index (κ2) is 4.93. The minimum Gasteiger partial charge on any atom is -0.405 e. The van der Waals surface area contributed by atoms with E-state index < -0.39 is 18.2 Å². The first kappa shape index (κ1) is 13.4. The highest BCUT2D eigenvalue weighted by molar-refractivity contribution is 5.38. The molecule has 0 amide bonds. The van der Waals surface area contributed by atoms with E-state index >= 15 is 0 Å². The maximum absolute atomic E-state index is 12.3. The Morgan fingerprint density at radius 3 is 2.58 bits per heavy atom. The number of benzene rings is 1. The summed E-state index contributed by atoms with van der Waals surface area (Å²) in [4.78, 5) is 3.91. The summed E-state index contributed by atoms with van der Waals surface area (Å²) in [7, 11) is 1.70. The number of aromatic nitrogens is 2. The summed E-state index contributed by atoms with van der Waals surface area (Å²) in [6.07, 6.45) is -3.11. The number of halogens is 3. The molecule has 0 spiro atoms. The number of nitrogens with zero attached hydrogens (tertiary/aromatic N) is 2. The number of imidazole rings is 1. The Morgan fingerprint density at radius 1 is 1.32 bits per heavy atom. The average molecular weight is 272 g/mol. The number of aliphatic hydroxyl groups is 1. The minimum atomic E-state index is -4.81. The van der Waals surface area contributed by atoms with Crippen molar-refractivity contribution in [3.63, 3.8) is 0 Å². The molecule has 0 saturated heterocycles. The first-order valence-electron chi connectivity index (χ1n) is 5.37. The van der Waals surface area contributed by atoms with Crippen molar-refractivity contribution < 1.29 is 23.0 Å². The molecule has 0 aliphatic carbocycles. The van der Waals surface area contributed by atoms with Gasteiger partial charge < -0.3 is 14.4 Å². The fourth-order valence-corrected chi connectivity index (χ4v) is 1.66. The molecule has 0 aliphatic heterocycles. The molecule has 4 nitrogen and oxygen atoms in total. The molecule has 2 aromatic rings. The number of para-hydroxylation sites is 1. The summed E-state index contributed by atoms with van der Waals surface area (Å²) in [6, 6.07) is 5.43. The summed E-state index contributed by atoms with van der Waals surface area (Å²) in [5.41, 5.74) is 0.263. The maximum atomic E-state index is 12.3. The van der Waals surface area contributed by atoms with Crippen molar-refractivity contribution >= 4 is 0 Å². The average Bonchev–Trinajstić information content (AvgIpc) is 2.74. The third kappa shape index (κ3) is 3.25. The van der Waals surface area contributed by atoms with Gasteiger partial charge in [-0.15, -0.1) is 13.2 Å². The molecule has 0 radical (unpaired) electrons. The number of aliphatic hydroxyl groups excluding tert-OH is 1. The lowest BCUT2D eigenvalue weighted by atomic mass is 10.1. The molecular formula is C12H11F3N2O2. The van der Waals surface area contributed by atoms with E-state index in [0.29, 0.717) is 0 Å². The monoisotopic (exact) mass is 272 g/mol. The molecule has 0 saturated carbocycles. The van der Waals surface area contributed by atoms with Crippen LogP contribution in [0.4, 0.5) is 13.2 Å². The van der Waals surface area contributed by atoms with Crippen molar-refractivity contribution in [2.75, 3.05) is 0 Å². The molecule has 7 heteroatoms. The fraction of sp³-hybridized carbons (Fsp3) is 0.250. The van der Waals surface area contributed by atoms with Gasteiger partial charge in [0, 0.05) is 18.8 Å². The lowest BCUT2D eigenvalue weighted by Gasteiger charge is -2.15.